The lowest BCUT2D eigenvalue weighted by Crippen LogP contribution is -2.06. The molecule has 0 aliphatic carbocycles. The third-order valence-corrected chi connectivity index (χ3v) is 2.81. The van der Waals surface area contributed by atoms with Gasteiger partial charge < -0.3 is 9.84 Å². The number of hydrogen-bond acceptors (Lipinski definition) is 4. The SMILES string of the molecule is COc1ccc(CO)cc1Cn1nc(C)nc1C. The van der Waals surface area contributed by atoms with Crippen molar-refractivity contribution in [1.82, 2.24) is 14.8 Å². The molecule has 0 bridgehead atoms. The fourth-order valence-electron chi connectivity index (χ4n) is 1.93. The van der Waals surface area contributed by atoms with Crippen molar-refractivity contribution in [1.29, 1.82) is 0 Å². The van der Waals surface area contributed by atoms with Crippen LogP contribution in [0.3, 0.4) is 0 Å². The normalized spacial score (nSPS) is 10.7. The van der Waals surface area contributed by atoms with E-state index in [0.29, 0.717) is 6.54 Å². The Balaban J connectivity index is 2.35. The van der Waals surface area contributed by atoms with Crippen LogP contribution in [0.4, 0.5) is 0 Å². The second-order valence-electron chi connectivity index (χ2n) is 4.17. The molecule has 2 aromatic rings. The van der Waals surface area contributed by atoms with E-state index in [0.717, 1.165) is 28.5 Å². The van der Waals surface area contributed by atoms with Gasteiger partial charge in [0.1, 0.15) is 17.4 Å². The van der Waals surface area contributed by atoms with E-state index in [1.165, 1.54) is 0 Å². The summed E-state index contributed by atoms with van der Waals surface area (Å²) in [6.07, 6.45) is 0. The van der Waals surface area contributed by atoms with Crippen LogP contribution < -0.4 is 4.74 Å². The Kier molecular flexibility index (Phi) is 3.62. The molecule has 0 aliphatic heterocycles. The fraction of sp³-hybridized carbons (Fsp3) is 0.385. The van der Waals surface area contributed by atoms with Crippen LogP contribution in [0.25, 0.3) is 0 Å². The first-order chi connectivity index (χ1) is 8.63. The highest BCUT2D eigenvalue weighted by Crippen LogP contribution is 2.21. The van der Waals surface area contributed by atoms with Crippen LogP contribution in [0.2, 0.25) is 0 Å². The van der Waals surface area contributed by atoms with Gasteiger partial charge in [0.05, 0.1) is 20.3 Å². The highest BCUT2D eigenvalue weighted by molar-refractivity contribution is 5.37. The van der Waals surface area contributed by atoms with E-state index >= 15 is 0 Å². The average Bonchev–Trinajstić information content (AvgIpc) is 2.67. The van der Waals surface area contributed by atoms with Gasteiger partial charge in [0, 0.05) is 5.56 Å². The fourth-order valence-corrected chi connectivity index (χ4v) is 1.93. The molecule has 0 saturated heterocycles. The molecule has 0 spiro atoms. The Morgan fingerprint density at radius 1 is 1.33 bits per heavy atom. The molecule has 5 nitrogen and oxygen atoms in total. The molecular formula is C13H17N3O2. The Morgan fingerprint density at radius 2 is 2.11 bits per heavy atom. The predicted octanol–water partition coefficient (Wildman–Crippen LogP) is 1.44. The Bertz CT molecular complexity index is 549. The Hall–Kier alpha value is -1.88. The summed E-state index contributed by atoms with van der Waals surface area (Å²) in [4.78, 5) is 4.27. The summed E-state index contributed by atoms with van der Waals surface area (Å²) in [5, 5.41) is 13.5. The van der Waals surface area contributed by atoms with Gasteiger partial charge in [-0.3, -0.25) is 0 Å². The standard InChI is InChI=1S/C13H17N3O2/c1-9-14-10(2)16(15-9)7-12-6-11(8-17)4-5-13(12)18-3/h4-6,17H,7-8H2,1-3H3. The van der Waals surface area contributed by atoms with Crippen LogP contribution in [0.15, 0.2) is 18.2 Å². The second-order valence-corrected chi connectivity index (χ2v) is 4.17. The van der Waals surface area contributed by atoms with Gasteiger partial charge >= 0.3 is 0 Å². The van der Waals surface area contributed by atoms with Crippen molar-refractivity contribution in [3.63, 3.8) is 0 Å². The van der Waals surface area contributed by atoms with Crippen LogP contribution in [-0.2, 0) is 13.2 Å². The van der Waals surface area contributed by atoms with E-state index in [4.69, 9.17) is 4.74 Å². The summed E-state index contributed by atoms with van der Waals surface area (Å²) >= 11 is 0. The van der Waals surface area contributed by atoms with Crippen molar-refractivity contribution in [2.75, 3.05) is 7.11 Å². The van der Waals surface area contributed by atoms with E-state index in [1.807, 2.05) is 36.7 Å². The Morgan fingerprint density at radius 3 is 2.67 bits per heavy atom. The summed E-state index contributed by atoms with van der Waals surface area (Å²) in [7, 11) is 1.64. The maximum Gasteiger partial charge on any atom is 0.147 e. The number of rotatable bonds is 4. The van der Waals surface area contributed by atoms with Crippen molar-refractivity contribution >= 4 is 0 Å². The minimum absolute atomic E-state index is 0.0202. The van der Waals surface area contributed by atoms with Crippen molar-refractivity contribution in [2.24, 2.45) is 0 Å². The van der Waals surface area contributed by atoms with Crippen LogP contribution in [-0.4, -0.2) is 27.0 Å². The van der Waals surface area contributed by atoms with Gasteiger partial charge in [-0.1, -0.05) is 6.07 Å². The summed E-state index contributed by atoms with van der Waals surface area (Å²) in [6, 6.07) is 5.64. The zero-order chi connectivity index (χ0) is 13.1. The van der Waals surface area contributed by atoms with Gasteiger partial charge in [-0.2, -0.15) is 5.10 Å². The van der Waals surface area contributed by atoms with Gasteiger partial charge in [0.2, 0.25) is 0 Å². The molecule has 0 saturated carbocycles. The maximum absolute atomic E-state index is 9.17. The van der Waals surface area contributed by atoms with Gasteiger partial charge in [-0.05, 0) is 31.5 Å². The number of benzene rings is 1. The van der Waals surface area contributed by atoms with Crippen molar-refractivity contribution in [3.8, 4) is 5.75 Å². The molecule has 1 aromatic carbocycles. The lowest BCUT2D eigenvalue weighted by molar-refractivity contribution is 0.281. The third-order valence-electron chi connectivity index (χ3n) is 2.81. The number of aliphatic hydroxyl groups is 1. The van der Waals surface area contributed by atoms with Crippen molar-refractivity contribution in [3.05, 3.63) is 41.0 Å². The molecule has 0 amide bonds. The lowest BCUT2D eigenvalue weighted by atomic mass is 10.1. The number of aryl methyl sites for hydroxylation is 2. The van der Waals surface area contributed by atoms with E-state index < -0.39 is 0 Å². The number of methoxy groups -OCH3 is 1. The third kappa shape index (κ3) is 2.51. The molecule has 1 aromatic heterocycles. The van der Waals surface area contributed by atoms with Crippen LogP contribution in [0.1, 0.15) is 22.8 Å². The van der Waals surface area contributed by atoms with Gasteiger partial charge in [0.15, 0.2) is 0 Å². The first kappa shape index (κ1) is 12.6. The quantitative estimate of drug-likeness (QED) is 0.888. The molecule has 0 atom stereocenters. The Labute approximate surface area is 106 Å². The second kappa shape index (κ2) is 5.18. The van der Waals surface area contributed by atoms with Crippen molar-refractivity contribution in [2.45, 2.75) is 27.0 Å². The molecule has 2 rings (SSSR count). The number of aromatic nitrogens is 3. The molecular weight excluding hydrogens is 230 g/mol. The largest absolute Gasteiger partial charge is 0.496 e. The highest BCUT2D eigenvalue weighted by Gasteiger charge is 2.08. The first-order valence-electron chi connectivity index (χ1n) is 5.78. The van der Waals surface area contributed by atoms with Gasteiger partial charge in [0.25, 0.3) is 0 Å². The molecule has 0 aliphatic rings. The molecule has 0 unspecified atom stereocenters. The smallest absolute Gasteiger partial charge is 0.147 e. The zero-order valence-electron chi connectivity index (χ0n) is 10.8. The van der Waals surface area contributed by atoms with Crippen LogP contribution in [0, 0.1) is 13.8 Å². The molecule has 0 fully saturated rings. The van der Waals surface area contributed by atoms with Crippen molar-refractivity contribution < 1.29 is 9.84 Å². The zero-order valence-corrected chi connectivity index (χ0v) is 10.8. The van der Waals surface area contributed by atoms with Gasteiger partial charge in [-0.25, -0.2) is 9.67 Å². The summed E-state index contributed by atoms with van der Waals surface area (Å²) in [5.74, 6) is 2.41. The molecule has 0 radical (unpaired) electrons. The molecule has 96 valence electrons. The van der Waals surface area contributed by atoms with Crippen LogP contribution >= 0.6 is 0 Å². The predicted molar refractivity (Wildman–Crippen MR) is 67.5 cm³/mol. The molecule has 1 N–H and O–H groups in total. The number of hydrogen-bond donors (Lipinski definition) is 1. The van der Waals surface area contributed by atoms with E-state index in [9.17, 15) is 5.11 Å². The highest BCUT2D eigenvalue weighted by atomic mass is 16.5. The van der Waals surface area contributed by atoms with Gasteiger partial charge in [-0.15, -0.1) is 0 Å². The van der Waals surface area contributed by atoms with E-state index in [-0.39, 0.29) is 6.61 Å². The summed E-state index contributed by atoms with van der Waals surface area (Å²) < 4.78 is 7.15. The summed E-state index contributed by atoms with van der Waals surface area (Å²) in [6.45, 7) is 4.39. The number of aliphatic hydroxyl groups excluding tert-OH is 1. The first-order valence-corrected chi connectivity index (χ1v) is 5.78. The number of ether oxygens (including phenoxy) is 1. The molecule has 18 heavy (non-hydrogen) atoms. The summed E-state index contributed by atoms with van der Waals surface area (Å²) in [5.41, 5.74) is 1.84. The minimum Gasteiger partial charge on any atom is -0.496 e. The minimum atomic E-state index is 0.0202. The number of nitrogens with zero attached hydrogens (tertiary/aromatic N) is 3. The monoisotopic (exact) mass is 247 g/mol. The average molecular weight is 247 g/mol. The molecule has 1 heterocycles. The molecule has 5 heteroatoms. The van der Waals surface area contributed by atoms with Crippen LogP contribution in [0.5, 0.6) is 5.75 Å². The van der Waals surface area contributed by atoms with E-state index in [1.54, 1.807) is 7.11 Å². The topological polar surface area (TPSA) is 60.2 Å². The lowest BCUT2D eigenvalue weighted by Gasteiger charge is -2.10. The maximum atomic E-state index is 9.17. The van der Waals surface area contributed by atoms with E-state index in [2.05, 4.69) is 10.1 Å².